The number of rotatable bonds is 4. The second-order valence-corrected chi connectivity index (χ2v) is 7.28. The lowest BCUT2D eigenvalue weighted by Crippen LogP contribution is -2.28. The molecule has 2 aliphatic heterocycles. The number of halogens is 1. The van der Waals surface area contributed by atoms with Gasteiger partial charge in [-0.2, -0.15) is 0 Å². The molecule has 0 saturated carbocycles. The number of hydrogen-bond donors (Lipinski definition) is 1. The summed E-state index contributed by atoms with van der Waals surface area (Å²) in [4.78, 5) is 26.5. The molecule has 4 rings (SSSR count). The predicted molar refractivity (Wildman–Crippen MR) is 98.9 cm³/mol. The van der Waals surface area contributed by atoms with Crippen molar-refractivity contribution >= 4 is 33.4 Å². The highest BCUT2D eigenvalue weighted by Crippen LogP contribution is 2.33. The number of fused-ring (bicyclic) bond motifs is 1. The Morgan fingerprint density at radius 3 is 2.88 bits per heavy atom. The summed E-state index contributed by atoms with van der Waals surface area (Å²) in [7, 11) is 0. The standard InChI is InChI=1S/C19H17BrN2O4/c20-14-2-1-3-15(8-14)21-19(24)13-7-18(23)22(10-13)9-12-4-5-16-17(6-12)26-11-25-16/h1-6,8,13H,7,9-11H2,(H,21,24). The normalized spacial score (nSPS) is 18.3. The minimum atomic E-state index is -0.351. The molecule has 2 aromatic carbocycles. The summed E-state index contributed by atoms with van der Waals surface area (Å²) < 4.78 is 11.6. The SMILES string of the molecule is O=C(Nc1cccc(Br)c1)C1CC(=O)N(Cc2ccc3c(c2)OCO3)C1. The van der Waals surface area contributed by atoms with Gasteiger partial charge in [-0.05, 0) is 35.9 Å². The van der Waals surface area contributed by atoms with Crippen molar-refractivity contribution in [3.63, 3.8) is 0 Å². The van der Waals surface area contributed by atoms with E-state index in [4.69, 9.17) is 9.47 Å². The number of anilines is 1. The average molecular weight is 417 g/mol. The van der Waals surface area contributed by atoms with Gasteiger partial charge in [-0.1, -0.05) is 28.1 Å². The summed E-state index contributed by atoms with van der Waals surface area (Å²) in [6.07, 6.45) is 0.227. The number of hydrogen-bond acceptors (Lipinski definition) is 4. The minimum Gasteiger partial charge on any atom is -0.454 e. The van der Waals surface area contributed by atoms with Gasteiger partial charge in [-0.15, -0.1) is 0 Å². The molecule has 2 aliphatic rings. The lowest BCUT2D eigenvalue weighted by Gasteiger charge is -2.17. The van der Waals surface area contributed by atoms with Crippen molar-refractivity contribution in [2.75, 3.05) is 18.7 Å². The molecule has 1 unspecified atom stereocenters. The van der Waals surface area contributed by atoms with E-state index in [1.54, 1.807) is 4.90 Å². The molecule has 0 aliphatic carbocycles. The maximum Gasteiger partial charge on any atom is 0.231 e. The summed E-state index contributed by atoms with van der Waals surface area (Å²) in [6.45, 7) is 1.09. The molecule has 0 spiro atoms. The average Bonchev–Trinajstić information content (AvgIpc) is 3.21. The van der Waals surface area contributed by atoms with Gasteiger partial charge in [0.05, 0.1) is 5.92 Å². The molecule has 1 saturated heterocycles. The fourth-order valence-electron chi connectivity index (χ4n) is 3.17. The first-order valence-corrected chi connectivity index (χ1v) is 9.10. The fourth-order valence-corrected chi connectivity index (χ4v) is 3.57. The van der Waals surface area contributed by atoms with Gasteiger partial charge in [0.1, 0.15) is 0 Å². The van der Waals surface area contributed by atoms with E-state index in [1.807, 2.05) is 42.5 Å². The number of carbonyl (C=O) groups excluding carboxylic acids is 2. The number of likely N-dealkylation sites (tertiary alicyclic amines) is 1. The third-order valence-electron chi connectivity index (χ3n) is 4.49. The third-order valence-corrected chi connectivity index (χ3v) is 4.98. The summed E-state index contributed by atoms with van der Waals surface area (Å²) >= 11 is 3.38. The van der Waals surface area contributed by atoms with Crippen LogP contribution in [-0.4, -0.2) is 30.1 Å². The molecule has 0 radical (unpaired) electrons. The maximum absolute atomic E-state index is 12.5. The number of nitrogens with zero attached hydrogens (tertiary/aromatic N) is 1. The molecule has 2 aromatic rings. The largest absolute Gasteiger partial charge is 0.454 e. The fraction of sp³-hybridized carbons (Fsp3) is 0.263. The third kappa shape index (κ3) is 3.53. The van der Waals surface area contributed by atoms with Crippen LogP contribution in [0.2, 0.25) is 0 Å². The Kier molecular flexibility index (Phi) is 4.55. The van der Waals surface area contributed by atoms with Crippen molar-refractivity contribution < 1.29 is 19.1 Å². The number of amides is 2. The van der Waals surface area contributed by atoms with E-state index in [-0.39, 0.29) is 30.9 Å². The monoisotopic (exact) mass is 416 g/mol. The Morgan fingerprint density at radius 2 is 2.04 bits per heavy atom. The molecule has 0 aromatic heterocycles. The van der Waals surface area contributed by atoms with Gasteiger partial charge < -0.3 is 19.7 Å². The van der Waals surface area contributed by atoms with Crippen molar-refractivity contribution in [2.24, 2.45) is 5.92 Å². The molecule has 1 N–H and O–H groups in total. The summed E-state index contributed by atoms with van der Waals surface area (Å²) in [6, 6.07) is 13.0. The van der Waals surface area contributed by atoms with E-state index in [0.717, 1.165) is 10.0 Å². The number of carbonyl (C=O) groups is 2. The maximum atomic E-state index is 12.5. The quantitative estimate of drug-likeness (QED) is 0.830. The van der Waals surface area contributed by atoms with Crippen LogP contribution in [-0.2, 0) is 16.1 Å². The summed E-state index contributed by atoms with van der Waals surface area (Å²) in [5.74, 6) is 0.906. The first-order valence-electron chi connectivity index (χ1n) is 8.31. The number of ether oxygens (including phenoxy) is 2. The molecule has 1 atom stereocenters. The molecule has 134 valence electrons. The van der Waals surface area contributed by atoms with Crippen LogP contribution < -0.4 is 14.8 Å². The van der Waals surface area contributed by atoms with Crippen LogP contribution in [0.5, 0.6) is 11.5 Å². The number of nitrogens with one attached hydrogen (secondary N) is 1. The Morgan fingerprint density at radius 1 is 1.19 bits per heavy atom. The Labute approximate surface area is 159 Å². The van der Waals surface area contributed by atoms with Crippen molar-refractivity contribution in [3.8, 4) is 11.5 Å². The van der Waals surface area contributed by atoms with Crippen molar-refractivity contribution in [3.05, 3.63) is 52.5 Å². The molecular weight excluding hydrogens is 400 g/mol. The van der Waals surface area contributed by atoms with E-state index in [0.29, 0.717) is 30.3 Å². The molecule has 0 bridgehead atoms. The molecule has 1 fully saturated rings. The second-order valence-electron chi connectivity index (χ2n) is 6.36. The highest BCUT2D eigenvalue weighted by Gasteiger charge is 2.34. The van der Waals surface area contributed by atoms with Gasteiger partial charge in [0.2, 0.25) is 18.6 Å². The topological polar surface area (TPSA) is 67.9 Å². The summed E-state index contributed by atoms with van der Waals surface area (Å²) in [5.41, 5.74) is 1.67. The first-order chi connectivity index (χ1) is 12.6. The van der Waals surface area contributed by atoms with Crippen molar-refractivity contribution in [1.82, 2.24) is 4.90 Å². The van der Waals surface area contributed by atoms with Crippen LogP contribution in [0.25, 0.3) is 0 Å². The Bertz CT molecular complexity index is 870. The van der Waals surface area contributed by atoms with Gasteiger partial charge in [0.15, 0.2) is 11.5 Å². The molecule has 26 heavy (non-hydrogen) atoms. The van der Waals surface area contributed by atoms with Crippen molar-refractivity contribution in [2.45, 2.75) is 13.0 Å². The van der Waals surface area contributed by atoms with Gasteiger partial charge in [-0.25, -0.2) is 0 Å². The molecular formula is C19H17BrN2O4. The van der Waals surface area contributed by atoms with E-state index in [9.17, 15) is 9.59 Å². The van der Waals surface area contributed by atoms with Gasteiger partial charge in [-0.3, -0.25) is 9.59 Å². The smallest absolute Gasteiger partial charge is 0.231 e. The zero-order valence-electron chi connectivity index (χ0n) is 13.9. The zero-order chi connectivity index (χ0) is 18.1. The Balaban J connectivity index is 1.39. The van der Waals surface area contributed by atoms with Crippen molar-refractivity contribution in [1.29, 1.82) is 0 Å². The van der Waals surface area contributed by atoms with Crippen LogP contribution in [0.1, 0.15) is 12.0 Å². The summed E-state index contributed by atoms with van der Waals surface area (Å²) in [5, 5.41) is 2.88. The van der Waals surface area contributed by atoms with E-state index in [1.165, 1.54) is 0 Å². The van der Waals surface area contributed by atoms with Gasteiger partial charge in [0, 0.05) is 29.7 Å². The zero-order valence-corrected chi connectivity index (χ0v) is 15.5. The lowest BCUT2D eigenvalue weighted by atomic mass is 10.1. The molecule has 7 heteroatoms. The lowest BCUT2D eigenvalue weighted by molar-refractivity contribution is -0.128. The van der Waals surface area contributed by atoms with E-state index < -0.39 is 0 Å². The molecule has 2 amide bonds. The van der Waals surface area contributed by atoms with Gasteiger partial charge in [0.25, 0.3) is 0 Å². The van der Waals surface area contributed by atoms with E-state index >= 15 is 0 Å². The van der Waals surface area contributed by atoms with Crippen LogP contribution in [0, 0.1) is 5.92 Å². The van der Waals surface area contributed by atoms with Crippen LogP contribution in [0.15, 0.2) is 46.9 Å². The second kappa shape index (κ2) is 6.99. The highest BCUT2D eigenvalue weighted by molar-refractivity contribution is 9.10. The Hall–Kier alpha value is -2.54. The minimum absolute atomic E-state index is 0.0166. The first kappa shape index (κ1) is 16.9. The van der Waals surface area contributed by atoms with Gasteiger partial charge >= 0.3 is 0 Å². The molecule has 6 nitrogen and oxygen atoms in total. The molecule has 2 heterocycles. The highest BCUT2D eigenvalue weighted by atomic mass is 79.9. The number of benzene rings is 2. The predicted octanol–water partition coefficient (Wildman–Crippen LogP) is 3.17. The van der Waals surface area contributed by atoms with E-state index in [2.05, 4.69) is 21.2 Å². The van der Waals surface area contributed by atoms with Crippen LogP contribution >= 0.6 is 15.9 Å². The van der Waals surface area contributed by atoms with Crippen LogP contribution in [0.4, 0.5) is 5.69 Å². The van der Waals surface area contributed by atoms with Crippen LogP contribution in [0.3, 0.4) is 0 Å².